The molecule has 0 atom stereocenters. The van der Waals surface area contributed by atoms with E-state index >= 15 is 0 Å². The van der Waals surface area contributed by atoms with E-state index < -0.39 is 10.8 Å². The minimum Gasteiger partial charge on any atom is -0.284 e. The fourth-order valence-corrected chi connectivity index (χ4v) is 5.16. The van der Waals surface area contributed by atoms with Crippen LogP contribution in [-0.4, -0.2) is 46.5 Å². The second-order valence-electron chi connectivity index (χ2n) is 8.23. The van der Waals surface area contributed by atoms with Crippen molar-refractivity contribution in [3.8, 4) is 0 Å². The summed E-state index contributed by atoms with van der Waals surface area (Å²) in [6.07, 6.45) is 5.29. The number of nitrogens with zero attached hydrogens (tertiary/aromatic N) is 2. The van der Waals surface area contributed by atoms with Gasteiger partial charge in [-0.1, -0.05) is 14.4 Å². The summed E-state index contributed by atoms with van der Waals surface area (Å²) in [6.45, 7) is 2.21. The quantitative estimate of drug-likeness (QED) is 0.465. The van der Waals surface area contributed by atoms with E-state index in [0.29, 0.717) is 31.6 Å². The van der Waals surface area contributed by atoms with Crippen LogP contribution in [0.2, 0.25) is 0 Å². The van der Waals surface area contributed by atoms with Crippen LogP contribution >= 0.6 is 0 Å². The van der Waals surface area contributed by atoms with Crippen molar-refractivity contribution in [2.75, 3.05) is 7.05 Å². The molecule has 0 aromatic heterocycles. The van der Waals surface area contributed by atoms with Crippen molar-refractivity contribution in [1.82, 2.24) is 9.80 Å². The van der Waals surface area contributed by atoms with Crippen molar-refractivity contribution in [3.05, 3.63) is 0 Å². The molecule has 0 N–H and O–H groups in total. The zero-order valence-electron chi connectivity index (χ0n) is 14.9. The van der Waals surface area contributed by atoms with Crippen LogP contribution in [-0.2, 0) is 51.9 Å². The number of rotatable bonds is 1. The minimum atomic E-state index is -0.943. The third-order valence-corrected chi connectivity index (χ3v) is 6.99. The largest absolute Gasteiger partial charge is 0.284 e. The Morgan fingerprint density at radius 2 is 1.15 bits per heavy atom. The number of β-lactam (4-membered cyclic amide) rings is 4. The van der Waals surface area contributed by atoms with Gasteiger partial charge in [-0.25, -0.2) is 0 Å². The number of carbonyl (C=O) groups excluding carboxylic acids is 4. The molecule has 2 heterocycles. The number of imide groups is 2. The number of carbonyl (C=O) groups is 4. The molecule has 4 fully saturated rings. The Labute approximate surface area is 180 Å². The molecular weight excluding hydrogens is 409 g/mol. The van der Waals surface area contributed by atoms with E-state index in [1.807, 2.05) is 0 Å². The molecule has 26 heavy (non-hydrogen) atoms. The third-order valence-electron chi connectivity index (χ3n) is 6.99. The van der Waals surface area contributed by atoms with Crippen LogP contribution in [0, 0.1) is 16.7 Å². The van der Waals surface area contributed by atoms with Crippen molar-refractivity contribution in [3.63, 3.8) is 0 Å². The van der Waals surface area contributed by atoms with Crippen LogP contribution in [0.5, 0.6) is 0 Å². The Hall–Kier alpha value is -0.616. The number of hydrogen-bond acceptors (Lipinski definition) is 4. The first-order chi connectivity index (χ1) is 11.3. The molecule has 2 spiro atoms. The summed E-state index contributed by atoms with van der Waals surface area (Å²) in [7, 11) is 1.49. The average molecular weight is 437 g/mol. The maximum absolute atomic E-state index is 12.8. The molecule has 7 heteroatoms. The molecule has 0 bridgehead atoms. The topological polar surface area (TPSA) is 74.8 Å². The van der Waals surface area contributed by atoms with Crippen molar-refractivity contribution in [2.45, 2.75) is 71.8 Å². The van der Waals surface area contributed by atoms with Crippen molar-refractivity contribution < 1.29 is 51.9 Å². The van der Waals surface area contributed by atoms with Crippen LogP contribution in [0.25, 0.3) is 0 Å². The molecule has 2 aliphatic carbocycles. The molecule has 0 aromatic carbocycles. The summed E-state index contributed by atoms with van der Waals surface area (Å²) in [4.78, 5) is 52.4. The van der Waals surface area contributed by atoms with E-state index in [2.05, 4.69) is 6.92 Å². The fourth-order valence-electron chi connectivity index (χ4n) is 5.16. The van der Waals surface area contributed by atoms with E-state index in [4.69, 9.17) is 0 Å². The average Bonchev–Trinajstić information content (AvgIpc) is 2.62. The Bertz CT molecular complexity index is 610. The molecule has 6 nitrogen and oxygen atoms in total. The van der Waals surface area contributed by atoms with E-state index in [0.717, 1.165) is 30.6 Å². The zero-order chi connectivity index (χ0) is 17.3. The molecule has 2 saturated carbocycles. The van der Waals surface area contributed by atoms with Crippen molar-refractivity contribution in [1.29, 1.82) is 0 Å². The van der Waals surface area contributed by atoms with Gasteiger partial charge in [-0.15, -0.1) is 0 Å². The summed E-state index contributed by atoms with van der Waals surface area (Å²) in [6, 6.07) is 0.0563. The normalized spacial score (nSPS) is 31.9. The van der Waals surface area contributed by atoms with E-state index in [1.165, 1.54) is 11.9 Å². The van der Waals surface area contributed by atoms with E-state index in [9.17, 15) is 19.2 Å². The molecule has 1 radical (unpaired) electrons. The smallest absolute Gasteiger partial charge is 0.245 e. The number of likely N-dealkylation sites (tertiary alicyclic amines) is 2. The molecule has 0 aromatic rings. The molecule has 4 aliphatic rings. The maximum Gasteiger partial charge on any atom is 0.245 e. The first-order valence-corrected chi connectivity index (χ1v) is 9.04. The Balaban J connectivity index is 0.00000121. The molecule has 2 aliphatic heterocycles. The van der Waals surface area contributed by atoms with Gasteiger partial charge in [0, 0.05) is 45.8 Å². The molecular formula is C19H28N2O4Y. The third kappa shape index (κ3) is 2.58. The monoisotopic (exact) mass is 437 g/mol. The zero-order valence-corrected chi connectivity index (χ0v) is 17.8. The van der Waals surface area contributed by atoms with Crippen LogP contribution in [0.3, 0.4) is 0 Å². The van der Waals surface area contributed by atoms with Crippen LogP contribution < -0.4 is 0 Å². The fraction of sp³-hybridized carbons (Fsp3) is 0.789. The van der Waals surface area contributed by atoms with E-state index in [-0.39, 0.29) is 69.8 Å². The second kappa shape index (κ2) is 7.08. The summed E-state index contributed by atoms with van der Waals surface area (Å²) < 4.78 is 0. The minimum absolute atomic E-state index is 0. The van der Waals surface area contributed by atoms with Gasteiger partial charge in [0.25, 0.3) is 0 Å². The Kier molecular flexibility index (Phi) is 5.91. The summed E-state index contributed by atoms with van der Waals surface area (Å²) in [5, 5.41) is 0. The number of amides is 4. The first-order valence-electron chi connectivity index (χ1n) is 9.04. The molecule has 2 saturated heterocycles. The van der Waals surface area contributed by atoms with Gasteiger partial charge in [-0.2, -0.15) is 0 Å². The molecule has 4 rings (SSSR count). The van der Waals surface area contributed by atoms with Gasteiger partial charge < -0.3 is 0 Å². The van der Waals surface area contributed by atoms with Gasteiger partial charge in [-0.3, -0.25) is 29.0 Å². The molecule has 4 amide bonds. The van der Waals surface area contributed by atoms with Crippen LogP contribution in [0.1, 0.15) is 65.7 Å². The summed E-state index contributed by atoms with van der Waals surface area (Å²) in [5.41, 5.74) is -1.88. The van der Waals surface area contributed by atoms with Gasteiger partial charge >= 0.3 is 0 Å². The second-order valence-corrected chi connectivity index (χ2v) is 8.23. The van der Waals surface area contributed by atoms with Gasteiger partial charge in [-0.05, 0) is 57.3 Å². The predicted octanol–water partition coefficient (Wildman–Crippen LogP) is 2.11. The Morgan fingerprint density at radius 1 is 0.769 bits per heavy atom. The van der Waals surface area contributed by atoms with Crippen LogP contribution in [0.15, 0.2) is 0 Å². The van der Waals surface area contributed by atoms with Crippen molar-refractivity contribution >= 4 is 23.6 Å². The number of hydrogen-bond donors (Lipinski definition) is 0. The van der Waals surface area contributed by atoms with Crippen molar-refractivity contribution in [2.24, 2.45) is 16.7 Å². The van der Waals surface area contributed by atoms with E-state index in [1.54, 1.807) is 0 Å². The molecule has 141 valence electrons. The van der Waals surface area contributed by atoms with Gasteiger partial charge in [0.15, 0.2) is 0 Å². The SMILES string of the molecule is C.CC1CCC(N2C(=O)C3(CCC4(CC3)C(=O)N(C)C4=O)C2=O)CC1.[Y]. The van der Waals surface area contributed by atoms with Gasteiger partial charge in [0.2, 0.25) is 23.6 Å². The summed E-state index contributed by atoms with van der Waals surface area (Å²) >= 11 is 0. The van der Waals surface area contributed by atoms with Crippen LogP contribution in [0.4, 0.5) is 0 Å². The Morgan fingerprint density at radius 3 is 1.58 bits per heavy atom. The van der Waals surface area contributed by atoms with Gasteiger partial charge in [0.05, 0.1) is 0 Å². The predicted molar refractivity (Wildman–Crippen MR) is 91.1 cm³/mol. The molecule has 0 unspecified atom stereocenters. The standard InChI is InChI=1S/C18H24N2O4.CH4.Y/c1-11-3-5-12(6-4-11)20-15(23)18(16(20)24)9-7-17(8-10-18)13(21)19(2)14(17)22;;/h11-12H,3-10H2,1-2H3;1H4;. The maximum atomic E-state index is 12.8. The first kappa shape index (κ1) is 21.7. The van der Waals surface area contributed by atoms with Gasteiger partial charge in [0.1, 0.15) is 10.8 Å². The summed E-state index contributed by atoms with van der Waals surface area (Å²) in [5.74, 6) is 0.243.